The zero-order valence-corrected chi connectivity index (χ0v) is 8.01. The van der Waals surface area contributed by atoms with Crippen molar-refractivity contribution in [3.63, 3.8) is 0 Å². The molecule has 4 nitrogen and oxygen atoms in total. The van der Waals surface area contributed by atoms with Crippen molar-refractivity contribution < 1.29 is 14.7 Å². The van der Waals surface area contributed by atoms with Crippen LogP contribution in [-0.4, -0.2) is 23.5 Å². The Morgan fingerprint density at radius 2 is 1.92 bits per heavy atom. The van der Waals surface area contributed by atoms with E-state index in [0.717, 1.165) is 25.7 Å². The molecule has 0 unspecified atom stereocenters. The molecular formula is C9H17NO3. The van der Waals surface area contributed by atoms with Crippen LogP contribution in [0.5, 0.6) is 0 Å². The van der Waals surface area contributed by atoms with Crippen LogP contribution in [0.1, 0.15) is 39.0 Å². The number of hydrogen-bond acceptors (Lipinski definition) is 2. The number of aliphatic carboxylic acids is 1. The van der Waals surface area contributed by atoms with Crippen molar-refractivity contribution in [3.8, 4) is 0 Å². The molecule has 0 saturated heterocycles. The molecule has 0 aromatic heterocycles. The Morgan fingerprint density at radius 1 is 1.23 bits per heavy atom. The van der Waals surface area contributed by atoms with E-state index < -0.39 is 18.3 Å². The summed E-state index contributed by atoms with van der Waals surface area (Å²) in [6, 6.07) is 0. The average Bonchev–Trinajstić information content (AvgIpc) is 2.02. The summed E-state index contributed by atoms with van der Waals surface area (Å²) in [6.45, 7) is 2.70. The molecule has 2 N–H and O–H groups in total. The number of rotatable bonds is 7. The number of amides is 1. The third-order valence-corrected chi connectivity index (χ3v) is 1.66. The minimum absolute atomic E-state index is 0.399. The largest absolute Gasteiger partial charge is 0.481 e. The van der Waals surface area contributed by atoms with Crippen LogP contribution in [0, 0.1) is 0 Å². The van der Waals surface area contributed by atoms with E-state index in [4.69, 9.17) is 5.11 Å². The Bertz CT molecular complexity index is 168. The molecule has 1 amide bonds. The maximum absolute atomic E-state index is 10.8. The zero-order chi connectivity index (χ0) is 10.1. The number of carbonyl (C=O) groups is 2. The van der Waals surface area contributed by atoms with E-state index in [2.05, 4.69) is 12.2 Å². The minimum Gasteiger partial charge on any atom is -0.481 e. The zero-order valence-electron chi connectivity index (χ0n) is 8.01. The van der Waals surface area contributed by atoms with E-state index in [9.17, 15) is 9.59 Å². The van der Waals surface area contributed by atoms with Crippen molar-refractivity contribution in [2.45, 2.75) is 39.0 Å². The van der Waals surface area contributed by atoms with Gasteiger partial charge in [-0.05, 0) is 6.42 Å². The molecule has 0 spiro atoms. The van der Waals surface area contributed by atoms with Gasteiger partial charge in [0.2, 0.25) is 5.91 Å². The van der Waals surface area contributed by atoms with Gasteiger partial charge >= 0.3 is 5.97 Å². The molecule has 76 valence electrons. The van der Waals surface area contributed by atoms with Crippen molar-refractivity contribution in [2.75, 3.05) is 6.54 Å². The first kappa shape index (κ1) is 11.9. The number of carboxylic acids is 1. The Kier molecular flexibility index (Phi) is 6.96. The predicted molar refractivity (Wildman–Crippen MR) is 49.4 cm³/mol. The summed E-state index contributed by atoms with van der Waals surface area (Å²) < 4.78 is 0. The van der Waals surface area contributed by atoms with Crippen LogP contribution in [0.2, 0.25) is 0 Å². The first-order valence-electron chi connectivity index (χ1n) is 4.65. The van der Waals surface area contributed by atoms with Crippen LogP contribution < -0.4 is 5.32 Å². The van der Waals surface area contributed by atoms with Crippen LogP contribution in [0.4, 0.5) is 0 Å². The molecule has 0 aliphatic rings. The molecule has 0 aliphatic carbocycles. The maximum atomic E-state index is 10.8. The number of hydrogen-bond donors (Lipinski definition) is 2. The molecule has 4 heteroatoms. The van der Waals surface area contributed by atoms with E-state index in [1.54, 1.807) is 0 Å². The fourth-order valence-corrected chi connectivity index (χ4v) is 0.979. The van der Waals surface area contributed by atoms with Gasteiger partial charge in [0.15, 0.2) is 0 Å². The van der Waals surface area contributed by atoms with E-state index in [1.807, 2.05) is 0 Å². The van der Waals surface area contributed by atoms with Gasteiger partial charge in [-0.3, -0.25) is 9.59 Å². The molecule has 13 heavy (non-hydrogen) atoms. The molecular weight excluding hydrogens is 170 g/mol. The van der Waals surface area contributed by atoms with Crippen LogP contribution in [0.25, 0.3) is 0 Å². The van der Waals surface area contributed by atoms with Crippen molar-refractivity contribution in [1.29, 1.82) is 0 Å². The highest BCUT2D eigenvalue weighted by Crippen LogP contribution is 1.96. The van der Waals surface area contributed by atoms with Gasteiger partial charge in [0.25, 0.3) is 0 Å². The molecule has 0 radical (unpaired) electrons. The summed E-state index contributed by atoms with van der Waals surface area (Å²) in [5, 5.41) is 10.8. The third-order valence-electron chi connectivity index (χ3n) is 1.66. The standard InChI is InChI=1S/C9H17NO3/c1-2-3-4-5-6-10-8(11)7-9(12)13/h2-7H2,1H3,(H,10,11)(H,12,13). The number of carboxylic acid groups (broad SMARTS) is 1. The maximum Gasteiger partial charge on any atom is 0.312 e. The van der Waals surface area contributed by atoms with Crippen molar-refractivity contribution in [2.24, 2.45) is 0 Å². The second-order valence-corrected chi connectivity index (χ2v) is 2.98. The number of nitrogens with one attached hydrogen (secondary N) is 1. The molecule has 0 heterocycles. The summed E-state index contributed by atoms with van der Waals surface area (Å²) in [5.41, 5.74) is 0. The minimum atomic E-state index is -1.08. The summed E-state index contributed by atoms with van der Waals surface area (Å²) in [5.74, 6) is -1.48. The molecule has 0 fully saturated rings. The highest BCUT2D eigenvalue weighted by Gasteiger charge is 2.05. The van der Waals surface area contributed by atoms with E-state index in [1.165, 1.54) is 0 Å². The Morgan fingerprint density at radius 3 is 2.46 bits per heavy atom. The highest BCUT2D eigenvalue weighted by molar-refractivity contribution is 5.93. The van der Waals surface area contributed by atoms with Gasteiger partial charge in [0, 0.05) is 6.54 Å². The van der Waals surface area contributed by atoms with Gasteiger partial charge in [-0.1, -0.05) is 26.2 Å². The van der Waals surface area contributed by atoms with Crippen molar-refractivity contribution >= 4 is 11.9 Å². The Hall–Kier alpha value is -1.06. The van der Waals surface area contributed by atoms with Crippen LogP contribution in [0.15, 0.2) is 0 Å². The smallest absolute Gasteiger partial charge is 0.312 e. The third kappa shape index (κ3) is 8.85. The molecule has 0 saturated carbocycles. The van der Waals surface area contributed by atoms with Gasteiger partial charge in [-0.25, -0.2) is 0 Å². The topological polar surface area (TPSA) is 66.4 Å². The summed E-state index contributed by atoms with van der Waals surface area (Å²) in [4.78, 5) is 20.9. The van der Waals surface area contributed by atoms with Gasteiger partial charge < -0.3 is 10.4 Å². The van der Waals surface area contributed by atoms with Crippen molar-refractivity contribution in [1.82, 2.24) is 5.32 Å². The van der Waals surface area contributed by atoms with E-state index in [0.29, 0.717) is 6.54 Å². The van der Waals surface area contributed by atoms with Crippen molar-refractivity contribution in [3.05, 3.63) is 0 Å². The lowest BCUT2D eigenvalue weighted by molar-refractivity contribution is -0.140. The van der Waals surface area contributed by atoms with Gasteiger partial charge in [0.1, 0.15) is 6.42 Å². The second-order valence-electron chi connectivity index (χ2n) is 2.98. The average molecular weight is 187 g/mol. The quantitative estimate of drug-likeness (QED) is 0.464. The summed E-state index contributed by atoms with van der Waals surface area (Å²) in [6.07, 6.45) is 3.91. The summed E-state index contributed by atoms with van der Waals surface area (Å²) >= 11 is 0. The first-order chi connectivity index (χ1) is 6.16. The second kappa shape index (κ2) is 7.58. The molecule has 0 aromatic rings. The Balaban J connectivity index is 3.22. The monoisotopic (exact) mass is 187 g/mol. The predicted octanol–water partition coefficient (Wildman–Crippen LogP) is 1.16. The normalized spacial score (nSPS) is 9.62. The van der Waals surface area contributed by atoms with Gasteiger partial charge in [-0.2, -0.15) is 0 Å². The van der Waals surface area contributed by atoms with E-state index in [-0.39, 0.29) is 0 Å². The van der Waals surface area contributed by atoms with Gasteiger partial charge in [0.05, 0.1) is 0 Å². The lowest BCUT2D eigenvalue weighted by Crippen LogP contribution is -2.26. The number of unbranched alkanes of at least 4 members (excludes halogenated alkanes) is 3. The fourth-order valence-electron chi connectivity index (χ4n) is 0.979. The first-order valence-corrected chi connectivity index (χ1v) is 4.65. The molecule has 0 bridgehead atoms. The summed E-state index contributed by atoms with van der Waals surface area (Å²) in [7, 11) is 0. The van der Waals surface area contributed by atoms with E-state index >= 15 is 0 Å². The Labute approximate surface area is 78.3 Å². The molecule has 0 atom stereocenters. The molecule has 0 aromatic carbocycles. The van der Waals surface area contributed by atoms with Crippen LogP contribution in [-0.2, 0) is 9.59 Å². The SMILES string of the molecule is CCCCCCNC(=O)CC(=O)O. The van der Waals surface area contributed by atoms with Gasteiger partial charge in [-0.15, -0.1) is 0 Å². The fraction of sp³-hybridized carbons (Fsp3) is 0.778. The van der Waals surface area contributed by atoms with Crippen LogP contribution in [0.3, 0.4) is 0 Å². The lowest BCUT2D eigenvalue weighted by atomic mass is 10.2. The highest BCUT2D eigenvalue weighted by atomic mass is 16.4. The molecule has 0 aliphatic heterocycles. The van der Waals surface area contributed by atoms with Crippen LogP contribution >= 0.6 is 0 Å². The number of carbonyl (C=O) groups excluding carboxylic acids is 1. The molecule has 0 rings (SSSR count). The lowest BCUT2D eigenvalue weighted by Gasteiger charge is -2.02.